The average molecular weight is 359 g/mol. The fraction of sp³-hybridized carbons (Fsp3) is 0.118. The zero-order chi connectivity index (χ0) is 18.2. The molecule has 0 saturated heterocycles. The molecule has 0 heterocycles. The van der Waals surface area contributed by atoms with Gasteiger partial charge in [-0.25, -0.2) is 4.79 Å². The van der Waals surface area contributed by atoms with Crippen molar-refractivity contribution in [1.82, 2.24) is 5.43 Å². The zero-order valence-corrected chi connectivity index (χ0v) is 14.5. The molecule has 3 N–H and O–H groups in total. The Morgan fingerprint density at radius 2 is 1.80 bits per heavy atom. The van der Waals surface area contributed by atoms with Crippen LogP contribution < -0.4 is 25.4 Å². The highest BCUT2D eigenvalue weighted by atomic mass is 32.1. The highest BCUT2D eigenvalue weighted by Crippen LogP contribution is 2.28. The molecule has 0 spiro atoms. The third-order valence-electron chi connectivity index (χ3n) is 3.10. The van der Waals surface area contributed by atoms with Gasteiger partial charge in [-0.3, -0.25) is 5.43 Å². The molecular weight excluding hydrogens is 342 g/mol. The maximum Gasteiger partial charge on any atom is 0.343 e. The molecule has 2 rings (SSSR count). The fourth-order valence-corrected chi connectivity index (χ4v) is 1.97. The van der Waals surface area contributed by atoms with Gasteiger partial charge in [0.15, 0.2) is 16.6 Å². The van der Waals surface area contributed by atoms with Crippen LogP contribution >= 0.6 is 12.2 Å². The van der Waals surface area contributed by atoms with Crippen molar-refractivity contribution in [3.63, 3.8) is 0 Å². The number of nitrogens with zero attached hydrogens (tertiary/aromatic N) is 1. The monoisotopic (exact) mass is 359 g/mol. The van der Waals surface area contributed by atoms with Crippen LogP contribution in [0.1, 0.15) is 15.9 Å². The third kappa shape index (κ3) is 5.18. The van der Waals surface area contributed by atoms with Crippen LogP contribution in [0.4, 0.5) is 0 Å². The summed E-state index contributed by atoms with van der Waals surface area (Å²) in [6, 6.07) is 11.6. The van der Waals surface area contributed by atoms with E-state index in [4.69, 9.17) is 19.9 Å². The third-order valence-corrected chi connectivity index (χ3v) is 3.19. The smallest absolute Gasteiger partial charge is 0.343 e. The molecule has 0 saturated carbocycles. The average Bonchev–Trinajstić information content (AvgIpc) is 2.62. The number of ether oxygens (including phenoxy) is 3. The van der Waals surface area contributed by atoms with Gasteiger partial charge in [-0.05, 0) is 60.2 Å². The topological polar surface area (TPSA) is 95.2 Å². The molecule has 0 aliphatic heterocycles. The Hall–Kier alpha value is -3.13. The first-order valence-electron chi connectivity index (χ1n) is 7.16. The Balaban J connectivity index is 2.05. The Labute approximate surface area is 150 Å². The molecule has 2 aromatic carbocycles. The molecule has 0 amide bonds. The van der Waals surface area contributed by atoms with E-state index in [0.717, 1.165) is 5.56 Å². The number of carbonyl (C=O) groups is 1. The van der Waals surface area contributed by atoms with Gasteiger partial charge in [-0.15, -0.1) is 0 Å². The van der Waals surface area contributed by atoms with Gasteiger partial charge in [-0.1, -0.05) is 0 Å². The second-order valence-corrected chi connectivity index (χ2v) is 5.20. The van der Waals surface area contributed by atoms with Gasteiger partial charge in [0.25, 0.3) is 0 Å². The summed E-state index contributed by atoms with van der Waals surface area (Å²) in [6.45, 7) is 0. The van der Waals surface area contributed by atoms with E-state index in [1.807, 2.05) is 0 Å². The quantitative estimate of drug-likeness (QED) is 0.268. The number of hydrazone groups is 1. The number of nitrogens with two attached hydrogens (primary N) is 1. The van der Waals surface area contributed by atoms with Crippen LogP contribution in [0.3, 0.4) is 0 Å². The molecule has 0 radical (unpaired) electrons. The minimum Gasteiger partial charge on any atom is -0.493 e. The molecule has 25 heavy (non-hydrogen) atoms. The molecule has 8 heteroatoms. The van der Waals surface area contributed by atoms with Crippen molar-refractivity contribution < 1.29 is 19.0 Å². The number of hydrogen-bond acceptors (Lipinski definition) is 6. The van der Waals surface area contributed by atoms with Crippen LogP contribution in [0.2, 0.25) is 0 Å². The normalized spacial score (nSPS) is 10.3. The van der Waals surface area contributed by atoms with Crippen LogP contribution in [0.25, 0.3) is 0 Å². The molecule has 0 aliphatic rings. The Bertz CT molecular complexity index is 791. The van der Waals surface area contributed by atoms with Crippen molar-refractivity contribution in [2.45, 2.75) is 0 Å². The van der Waals surface area contributed by atoms with Crippen molar-refractivity contribution in [3.8, 4) is 17.2 Å². The predicted octanol–water partition coefficient (Wildman–Crippen LogP) is 2.09. The molecule has 0 aromatic heterocycles. The second-order valence-electron chi connectivity index (χ2n) is 4.76. The van der Waals surface area contributed by atoms with Crippen LogP contribution in [-0.4, -0.2) is 31.5 Å². The van der Waals surface area contributed by atoms with Gasteiger partial charge >= 0.3 is 5.97 Å². The molecule has 130 valence electrons. The lowest BCUT2D eigenvalue weighted by Gasteiger charge is -2.09. The number of thiocarbonyl (C=S) groups is 1. The Morgan fingerprint density at radius 3 is 2.40 bits per heavy atom. The maximum atomic E-state index is 12.2. The van der Waals surface area contributed by atoms with E-state index in [-0.39, 0.29) is 5.11 Å². The predicted molar refractivity (Wildman–Crippen MR) is 98.5 cm³/mol. The first-order chi connectivity index (χ1) is 12.0. The van der Waals surface area contributed by atoms with Gasteiger partial charge in [-0.2, -0.15) is 5.10 Å². The number of carbonyl (C=O) groups excluding carboxylic acids is 1. The highest BCUT2D eigenvalue weighted by molar-refractivity contribution is 7.80. The first-order valence-corrected chi connectivity index (χ1v) is 7.57. The van der Waals surface area contributed by atoms with E-state index in [1.54, 1.807) is 48.7 Å². The van der Waals surface area contributed by atoms with Crippen LogP contribution in [-0.2, 0) is 0 Å². The number of hydrogen-bond donors (Lipinski definition) is 2. The number of nitrogens with one attached hydrogen (secondary N) is 1. The molecule has 0 unspecified atom stereocenters. The van der Waals surface area contributed by atoms with Crippen LogP contribution in [0, 0.1) is 0 Å². The largest absolute Gasteiger partial charge is 0.493 e. The van der Waals surface area contributed by atoms with Crippen LogP contribution in [0.5, 0.6) is 17.2 Å². The van der Waals surface area contributed by atoms with Gasteiger partial charge < -0.3 is 19.9 Å². The number of benzene rings is 2. The standard InChI is InChI=1S/C17H17N3O4S/c1-22-14-8-5-12(9-15(14)23-2)16(21)24-13-6-3-11(4-7-13)10-19-20-17(18)25/h3-10H,1-2H3,(H3,18,20,25)/b19-10-. The molecule has 0 atom stereocenters. The maximum absolute atomic E-state index is 12.2. The van der Waals surface area contributed by atoms with Gasteiger partial charge in [0.05, 0.1) is 26.0 Å². The minimum atomic E-state index is -0.502. The fourth-order valence-electron chi connectivity index (χ4n) is 1.92. The van der Waals surface area contributed by atoms with Crippen molar-refractivity contribution in [3.05, 3.63) is 53.6 Å². The van der Waals surface area contributed by atoms with Crippen LogP contribution in [0.15, 0.2) is 47.6 Å². The minimum absolute atomic E-state index is 0.0803. The van der Waals surface area contributed by atoms with E-state index in [1.165, 1.54) is 14.2 Å². The molecule has 0 aliphatic carbocycles. The lowest BCUT2D eigenvalue weighted by molar-refractivity contribution is 0.0734. The van der Waals surface area contributed by atoms with E-state index in [9.17, 15) is 4.79 Å². The molecule has 2 aromatic rings. The number of rotatable bonds is 6. The Morgan fingerprint density at radius 1 is 1.12 bits per heavy atom. The van der Waals surface area contributed by atoms with Crippen molar-refractivity contribution in [2.24, 2.45) is 10.8 Å². The summed E-state index contributed by atoms with van der Waals surface area (Å²) < 4.78 is 15.6. The van der Waals surface area contributed by atoms with Crippen molar-refractivity contribution >= 4 is 29.5 Å². The van der Waals surface area contributed by atoms with E-state index in [0.29, 0.717) is 22.8 Å². The molecule has 0 bridgehead atoms. The van der Waals surface area contributed by atoms with Gasteiger partial charge in [0, 0.05) is 0 Å². The summed E-state index contributed by atoms with van der Waals surface area (Å²) in [5.41, 5.74) is 8.85. The summed E-state index contributed by atoms with van der Waals surface area (Å²) in [6.07, 6.45) is 1.54. The summed E-state index contributed by atoms with van der Waals surface area (Å²) >= 11 is 4.64. The molecule has 0 fully saturated rings. The molecule has 7 nitrogen and oxygen atoms in total. The lowest BCUT2D eigenvalue weighted by Crippen LogP contribution is -2.23. The summed E-state index contributed by atoms with van der Waals surface area (Å²) in [5, 5.41) is 3.92. The van der Waals surface area contributed by atoms with Gasteiger partial charge in [0.2, 0.25) is 0 Å². The van der Waals surface area contributed by atoms with E-state index < -0.39 is 5.97 Å². The second kappa shape index (κ2) is 8.65. The van der Waals surface area contributed by atoms with E-state index in [2.05, 4.69) is 22.7 Å². The van der Waals surface area contributed by atoms with Crippen molar-refractivity contribution in [2.75, 3.05) is 14.2 Å². The highest BCUT2D eigenvalue weighted by Gasteiger charge is 2.12. The summed E-state index contributed by atoms with van der Waals surface area (Å²) in [7, 11) is 3.02. The van der Waals surface area contributed by atoms with Gasteiger partial charge in [0.1, 0.15) is 5.75 Å². The summed E-state index contributed by atoms with van der Waals surface area (Å²) in [4.78, 5) is 12.2. The molecular formula is C17H17N3O4S. The van der Waals surface area contributed by atoms with E-state index >= 15 is 0 Å². The summed E-state index contributed by atoms with van der Waals surface area (Å²) in [5.74, 6) is 0.888. The Kier molecular flexibility index (Phi) is 6.30. The van der Waals surface area contributed by atoms with Crippen molar-refractivity contribution in [1.29, 1.82) is 0 Å². The number of esters is 1. The SMILES string of the molecule is COc1ccc(C(=O)Oc2ccc(/C=N\NC(N)=S)cc2)cc1OC. The first kappa shape index (κ1) is 18.2. The lowest BCUT2D eigenvalue weighted by atomic mass is 10.2. The number of methoxy groups -OCH3 is 2. The zero-order valence-electron chi connectivity index (χ0n) is 13.7.